The predicted molar refractivity (Wildman–Crippen MR) is 48.0 cm³/mol. The molecule has 0 saturated carbocycles. The predicted octanol–water partition coefficient (Wildman–Crippen LogP) is 2.12. The van der Waals surface area contributed by atoms with Crippen LogP contribution in [-0.4, -0.2) is 16.2 Å². The van der Waals surface area contributed by atoms with Gasteiger partial charge in [-0.15, -0.1) is 0 Å². The molecule has 0 spiro atoms. The molecule has 0 amide bonds. The Labute approximate surface area is 71.5 Å². The van der Waals surface area contributed by atoms with Gasteiger partial charge >= 0.3 is 0 Å². The summed E-state index contributed by atoms with van der Waals surface area (Å²) in [6.45, 7) is 6.09. The van der Waals surface area contributed by atoms with Crippen molar-refractivity contribution in [1.29, 1.82) is 0 Å². The lowest BCUT2D eigenvalue weighted by Gasteiger charge is -2.03. The van der Waals surface area contributed by atoms with Crippen LogP contribution in [0.2, 0.25) is 0 Å². The first kappa shape index (κ1) is 8.53. The van der Waals surface area contributed by atoms with Gasteiger partial charge < -0.3 is 0 Å². The first-order valence-corrected chi connectivity index (χ1v) is 4.73. The van der Waals surface area contributed by atoms with Crippen molar-refractivity contribution in [3.63, 3.8) is 0 Å². The SMILES string of the molecule is CSc1nc(C)c(C)c(C)n1. The number of thioether (sulfide) groups is 1. The van der Waals surface area contributed by atoms with Crippen molar-refractivity contribution in [2.75, 3.05) is 6.26 Å². The summed E-state index contributed by atoms with van der Waals surface area (Å²) in [4.78, 5) is 8.61. The third kappa shape index (κ3) is 1.71. The van der Waals surface area contributed by atoms with Crippen LogP contribution in [0, 0.1) is 20.8 Å². The Morgan fingerprint density at radius 3 is 1.82 bits per heavy atom. The van der Waals surface area contributed by atoms with Gasteiger partial charge in [-0.25, -0.2) is 9.97 Å². The van der Waals surface area contributed by atoms with Crippen LogP contribution in [0.3, 0.4) is 0 Å². The third-order valence-corrected chi connectivity index (χ3v) is 2.34. The molecule has 0 atom stereocenters. The van der Waals surface area contributed by atoms with Crippen LogP contribution in [-0.2, 0) is 0 Å². The minimum absolute atomic E-state index is 0.866. The van der Waals surface area contributed by atoms with E-state index in [4.69, 9.17) is 0 Å². The maximum Gasteiger partial charge on any atom is 0.187 e. The van der Waals surface area contributed by atoms with Gasteiger partial charge in [0.1, 0.15) is 0 Å². The van der Waals surface area contributed by atoms with Crippen LogP contribution >= 0.6 is 11.8 Å². The van der Waals surface area contributed by atoms with Crippen molar-refractivity contribution in [3.05, 3.63) is 17.0 Å². The second-order valence-electron chi connectivity index (χ2n) is 2.51. The minimum Gasteiger partial charge on any atom is -0.228 e. The molecule has 0 aliphatic heterocycles. The average molecular weight is 168 g/mol. The highest BCUT2D eigenvalue weighted by Gasteiger charge is 2.01. The van der Waals surface area contributed by atoms with E-state index in [1.807, 2.05) is 20.1 Å². The highest BCUT2D eigenvalue weighted by Crippen LogP contribution is 2.13. The zero-order valence-corrected chi connectivity index (χ0v) is 8.12. The Balaban J connectivity index is 3.21. The summed E-state index contributed by atoms with van der Waals surface area (Å²) in [5.74, 6) is 0. The molecule has 0 fully saturated rings. The van der Waals surface area contributed by atoms with E-state index in [1.54, 1.807) is 11.8 Å². The first-order valence-electron chi connectivity index (χ1n) is 3.51. The van der Waals surface area contributed by atoms with E-state index in [9.17, 15) is 0 Å². The monoisotopic (exact) mass is 168 g/mol. The Morgan fingerprint density at radius 2 is 1.45 bits per heavy atom. The fraction of sp³-hybridized carbons (Fsp3) is 0.500. The molecule has 1 heterocycles. The lowest BCUT2D eigenvalue weighted by atomic mass is 10.2. The number of rotatable bonds is 1. The number of aromatic nitrogens is 2. The standard InChI is InChI=1S/C8H12N2S/c1-5-6(2)9-8(11-4)10-7(5)3/h1-4H3. The van der Waals surface area contributed by atoms with Crippen LogP contribution in [0.5, 0.6) is 0 Å². The second kappa shape index (κ2) is 3.22. The summed E-state index contributed by atoms with van der Waals surface area (Å²) in [6.07, 6.45) is 1.99. The second-order valence-corrected chi connectivity index (χ2v) is 3.28. The normalized spacial score (nSPS) is 10.2. The maximum absolute atomic E-state index is 4.30. The molecule has 2 nitrogen and oxygen atoms in total. The van der Waals surface area contributed by atoms with Crippen molar-refractivity contribution in [2.45, 2.75) is 25.9 Å². The molecule has 0 saturated heterocycles. The average Bonchev–Trinajstić information content (AvgIpc) is 1.99. The molecular formula is C8H12N2S. The number of nitrogens with zero attached hydrogens (tertiary/aromatic N) is 2. The fourth-order valence-electron chi connectivity index (χ4n) is 0.833. The highest BCUT2D eigenvalue weighted by molar-refractivity contribution is 7.98. The fourth-order valence-corrected chi connectivity index (χ4v) is 1.29. The molecule has 0 N–H and O–H groups in total. The quantitative estimate of drug-likeness (QED) is 0.474. The lowest BCUT2D eigenvalue weighted by molar-refractivity contribution is 0.883. The zero-order valence-electron chi connectivity index (χ0n) is 7.30. The number of aryl methyl sites for hydroxylation is 2. The highest BCUT2D eigenvalue weighted by atomic mass is 32.2. The van der Waals surface area contributed by atoms with Gasteiger partial charge in [-0.3, -0.25) is 0 Å². The molecule has 0 radical (unpaired) electrons. The summed E-state index contributed by atoms with van der Waals surface area (Å²) < 4.78 is 0. The van der Waals surface area contributed by atoms with Gasteiger partial charge in [-0.2, -0.15) is 0 Å². The van der Waals surface area contributed by atoms with Crippen LogP contribution in [0.1, 0.15) is 17.0 Å². The van der Waals surface area contributed by atoms with E-state index in [0.29, 0.717) is 0 Å². The molecule has 0 bridgehead atoms. The molecule has 1 rings (SSSR count). The Hall–Kier alpha value is -0.570. The van der Waals surface area contributed by atoms with Crippen molar-refractivity contribution in [1.82, 2.24) is 9.97 Å². The molecule has 3 heteroatoms. The summed E-state index contributed by atoms with van der Waals surface area (Å²) in [5, 5.41) is 0.866. The van der Waals surface area contributed by atoms with Crippen molar-refractivity contribution in [2.24, 2.45) is 0 Å². The number of hydrogen-bond donors (Lipinski definition) is 0. The van der Waals surface area contributed by atoms with Crippen molar-refractivity contribution in [3.8, 4) is 0 Å². The topological polar surface area (TPSA) is 25.8 Å². The van der Waals surface area contributed by atoms with Crippen LogP contribution < -0.4 is 0 Å². The third-order valence-electron chi connectivity index (χ3n) is 1.79. The summed E-state index contributed by atoms with van der Waals surface area (Å²) in [7, 11) is 0. The van der Waals surface area contributed by atoms with E-state index >= 15 is 0 Å². The molecule has 11 heavy (non-hydrogen) atoms. The van der Waals surface area contributed by atoms with E-state index in [-0.39, 0.29) is 0 Å². The molecule has 1 aromatic heterocycles. The van der Waals surface area contributed by atoms with Gasteiger partial charge in [0, 0.05) is 11.4 Å². The summed E-state index contributed by atoms with van der Waals surface area (Å²) >= 11 is 1.58. The lowest BCUT2D eigenvalue weighted by Crippen LogP contribution is -1.97. The van der Waals surface area contributed by atoms with Crippen molar-refractivity contribution < 1.29 is 0 Å². The van der Waals surface area contributed by atoms with E-state index < -0.39 is 0 Å². The molecule has 0 unspecified atom stereocenters. The molecule has 0 aromatic carbocycles. The largest absolute Gasteiger partial charge is 0.228 e. The molecule has 0 aliphatic carbocycles. The van der Waals surface area contributed by atoms with Gasteiger partial charge in [-0.05, 0) is 32.6 Å². The summed E-state index contributed by atoms with van der Waals surface area (Å²) in [6, 6.07) is 0. The van der Waals surface area contributed by atoms with Gasteiger partial charge in [0.2, 0.25) is 0 Å². The smallest absolute Gasteiger partial charge is 0.187 e. The Kier molecular flexibility index (Phi) is 2.49. The molecular weight excluding hydrogens is 156 g/mol. The van der Waals surface area contributed by atoms with Crippen LogP contribution in [0.4, 0.5) is 0 Å². The van der Waals surface area contributed by atoms with Gasteiger partial charge in [0.05, 0.1) is 0 Å². The van der Waals surface area contributed by atoms with Crippen molar-refractivity contribution >= 4 is 11.8 Å². The Morgan fingerprint density at radius 1 is 1.00 bits per heavy atom. The van der Waals surface area contributed by atoms with Gasteiger partial charge in [0.25, 0.3) is 0 Å². The maximum atomic E-state index is 4.30. The Bertz CT molecular complexity index is 248. The molecule has 60 valence electrons. The van der Waals surface area contributed by atoms with Crippen LogP contribution in [0.25, 0.3) is 0 Å². The molecule has 0 aliphatic rings. The summed E-state index contributed by atoms with van der Waals surface area (Å²) in [5.41, 5.74) is 3.37. The number of hydrogen-bond acceptors (Lipinski definition) is 3. The van der Waals surface area contributed by atoms with E-state index in [0.717, 1.165) is 16.5 Å². The van der Waals surface area contributed by atoms with E-state index in [1.165, 1.54) is 5.56 Å². The minimum atomic E-state index is 0.866. The molecule has 1 aromatic rings. The van der Waals surface area contributed by atoms with Gasteiger partial charge in [0.15, 0.2) is 5.16 Å². The first-order chi connectivity index (χ1) is 5.15. The van der Waals surface area contributed by atoms with E-state index in [2.05, 4.69) is 16.9 Å². The zero-order chi connectivity index (χ0) is 8.43. The van der Waals surface area contributed by atoms with Crippen LogP contribution in [0.15, 0.2) is 5.16 Å². The van der Waals surface area contributed by atoms with Gasteiger partial charge in [-0.1, -0.05) is 11.8 Å².